The molecule has 1 saturated carbocycles. The lowest BCUT2D eigenvalue weighted by molar-refractivity contribution is 0.377. The van der Waals surface area contributed by atoms with Crippen LogP contribution in [0, 0.1) is 17.6 Å². The van der Waals surface area contributed by atoms with E-state index in [1.807, 2.05) is 0 Å². The van der Waals surface area contributed by atoms with Gasteiger partial charge < -0.3 is 9.88 Å². The standard InChI is InChI=1S/C15H16F2N4/c16-11-4-3-10(12(17)8-11)7-13-19-20-15-14(9-1-2-9)18-5-6-21(13)15/h3-4,8-9,14,18H,1-2,5-7H2. The van der Waals surface area contributed by atoms with Gasteiger partial charge in [-0.05, 0) is 30.4 Å². The summed E-state index contributed by atoms with van der Waals surface area (Å²) in [5, 5.41) is 12.0. The molecule has 1 fully saturated rings. The van der Waals surface area contributed by atoms with E-state index >= 15 is 0 Å². The molecule has 4 rings (SSSR count). The van der Waals surface area contributed by atoms with Gasteiger partial charge in [-0.2, -0.15) is 0 Å². The molecule has 2 aromatic rings. The lowest BCUT2D eigenvalue weighted by Gasteiger charge is -2.25. The Morgan fingerprint density at radius 2 is 2.10 bits per heavy atom. The molecule has 0 spiro atoms. The van der Waals surface area contributed by atoms with Crippen molar-refractivity contribution in [3.63, 3.8) is 0 Å². The predicted octanol–water partition coefficient (Wildman–Crippen LogP) is 2.20. The molecule has 2 heterocycles. The first-order chi connectivity index (χ1) is 10.2. The molecule has 0 bridgehead atoms. The van der Waals surface area contributed by atoms with E-state index < -0.39 is 11.6 Å². The number of fused-ring (bicyclic) bond motifs is 1. The molecule has 21 heavy (non-hydrogen) atoms. The third-order valence-electron chi connectivity index (χ3n) is 4.29. The maximum atomic E-state index is 13.8. The lowest BCUT2D eigenvalue weighted by Crippen LogP contribution is -2.35. The van der Waals surface area contributed by atoms with Gasteiger partial charge in [-0.25, -0.2) is 8.78 Å². The molecule has 1 atom stereocenters. The minimum atomic E-state index is -0.558. The van der Waals surface area contributed by atoms with Gasteiger partial charge in [-0.3, -0.25) is 0 Å². The number of nitrogens with zero attached hydrogens (tertiary/aromatic N) is 3. The molecule has 0 amide bonds. The predicted molar refractivity (Wildman–Crippen MR) is 72.7 cm³/mol. The van der Waals surface area contributed by atoms with Crippen LogP contribution in [0.4, 0.5) is 8.78 Å². The number of rotatable bonds is 3. The SMILES string of the molecule is Fc1ccc(Cc2nnc3n2CCNC3C2CC2)c(F)c1. The summed E-state index contributed by atoms with van der Waals surface area (Å²) in [5.41, 5.74) is 0.452. The highest BCUT2D eigenvalue weighted by atomic mass is 19.1. The first-order valence-electron chi connectivity index (χ1n) is 7.31. The van der Waals surface area contributed by atoms with E-state index in [4.69, 9.17) is 0 Å². The molecule has 1 unspecified atom stereocenters. The van der Waals surface area contributed by atoms with Crippen LogP contribution >= 0.6 is 0 Å². The number of benzene rings is 1. The second kappa shape index (κ2) is 4.87. The fourth-order valence-electron chi connectivity index (χ4n) is 3.02. The Balaban J connectivity index is 1.64. The molecular weight excluding hydrogens is 274 g/mol. The van der Waals surface area contributed by atoms with Gasteiger partial charge in [0.25, 0.3) is 0 Å². The number of nitrogens with one attached hydrogen (secondary N) is 1. The van der Waals surface area contributed by atoms with E-state index in [1.165, 1.54) is 25.0 Å². The van der Waals surface area contributed by atoms with Crippen molar-refractivity contribution in [2.75, 3.05) is 6.54 Å². The highest BCUT2D eigenvalue weighted by molar-refractivity contribution is 5.23. The highest BCUT2D eigenvalue weighted by Gasteiger charge is 2.37. The van der Waals surface area contributed by atoms with Crippen molar-refractivity contribution >= 4 is 0 Å². The van der Waals surface area contributed by atoms with Gasteiger partial charge in [0.1, 0.15) is 17.5 Å². The number of hydrogen-bond acceptors (Lipinski definition) is 3. The van der Waals surface area contributed by atoms with Gasteiger partial charge in [-0.15, -0.1) is 10.2 Å². The van der Waals surface area contributed by atoms with Gasteiger partial charge >= 0.3 is 0 Å². The van der Waals surface area contributed by atoms with Crippen LogP contribution in [0.5, 0.6) is 0 Å². The van der Waals surface area contributed by atoms with E-state index in [1.54, 1.807) is 0 Å². The minimum Gasteiger partial charge on any atom is -0.312 e. The summed E-state index contributed by atoms with van der Waals surface area (Å²) >= 11 is 0. The fraction of sp³-hybridized carbons (Fsp3) is 0.467. The monoisotopic (exact) mass is 290 g/mol. The van der Waals surface area contributed by atoms with Crippen LogP contribution in [-0.4, -0.2) is 21.3 Å². The van der Waals surface area contributed by atoms with Crippen LogP contribution in [0.25, 0.3) is 0 Å². The van der Waals surface area contributed by atoms with Gasteiger partial charge in [0.05, 0.1) is 6.04 Å². The van der Waals surface area contributed by atoms with Crippen LogP contribution in [0.1, 0.15) is 36.1 Å². The van der Waals surface area contributed by atoms with Crippen LogP contribution in [0.15, 0.2) is 18.2 Å². The van der Waals surface area contributed by atoms with E-state index in [0.29, 0.717) is 17.9 Å². The molecule has 0 radical (unpaired) electrons. The van der Waals surface area contributed by atoms with Gasteiger partial charge in [0, 0.05) is 25.6 Å². The molecule has 110 valence electrons. The molecule has 6 heteroatoms. The van der Waals surface area contributed by atoms with Crippen LogP contribution < -0.4 is 5.32 Å². The van der Waals surface area contributed by atoms with Crippen LogP contribution in [0.3, 0.4) is 0 Å². The third-order valence-corrected chi connectivity index (χ3v) is 4.29. The Kier molecular flexibility index (Phi) is 2.99. The first-order valence-corrected chi connectivity index (χ1v) is 7.31. The van der Waals surface area contributed by atoms with E-state index in [-0.39, 0.29) is 6.04 Å². The Hall–Kier alpha value is -1.82. The van der Waals surface area contributed by atoms with Crippen LogP contribution in [-0.2, 0) is 13.0 Å². The molecule has 4 nitrogen and oxygen atoms in total. The summed E-state index contributed by atoms with van der Waals surface area (Å²) in [6.45, 7) is 1.68. The van der Waals surface area contributed by atoms with Gasteiger partial charge in [0.2, 0.25) is 0 Å². The minimum absolute atomic E-state index is 0.276. The zero-order chi connectivity index (χ0) is 14.4. The summed E-state index contributed by atoms with van der Waals surface area (Å²) in [6.07, 6.45) is 2.80. The summed E-state index contributed by atoms with van der Waals surface area (Å²) < 4.78 is 28.8. The number of halogens is 2. The van der Waals surface area contributed by atoms with E-state index in [2.05, 4.69) is 20.1 Å². The van der Waals surface area contributed by atoms with E-state index in [9.17, 15) is 8.78 Å². The largest absolute Gasteiger partial charge is 0.312 e. The normalized spacial score (nSPS) is 21.3. The highest BCUT2D eigenvalue weighted by Crippen LogP contribution is 2.41. The lowest BCUT2D eigenvalue weighted by atomic mass is 10.1. The number of aromatic nitrogens is 3. The quantitative estimate of drug-likeness (QED) is 0.942. The van der Waals surface area contributed by atoms with Crippen molar-refractivity contribution in [2.24, 2.45) is 5.92 Å². The molecule has 2 aliphatic rings. The fourth-order valence-corrected chi connectivity index (χ4v) is 3.02. The summed E-state index contributed by atoms with van der Waals surface area (Å²) in [6, 6.07) is 3.95. The van der Waals surface area contributed by atoms with Gasteiger partial charge in [0.15, 0.2) is 5.82 Å². The Morgan fingerprint density at radius 3 is 2.86 bits per heavy atom. The maximum Gasteiger partial charge on any atom is 0.150 e. The Labute approximate surface area is 121 Å². The van der Waals surface area contributed by atoms with Crippen molar-refractivity contribution in [3.05, 3.63) is 47.0 Å². The molecule has 1 aromatic carbocycles. The maximum absolute atomic E-state index is 13.8. The average molecular weight is 290 g/mol. The molecule has 1 aromatic heterocycles. The van der Waals surface area contributed by atoms with Crippen molar-refractivity contribution in [1.82, 2.24) is 20.1 Å². The van der Waals surface area contributed by atoms with Crippen molar-refractivity contribution in [2.45, 2.75) is 31.8 Å². The Morgan fingerprint density at radius 1 is 1.24 bits per heavy atom. The van der Waals surface area contributed by atoms with E-state index in [0.717, 1.165) is 30.8 Å². The molecule has 1 aliphatic carbocycles. The van der Waals surface area contributed by atoms with Crippen molar-refractivity contribution < 1.29 is 8.78 Å². The molecule has 1 N–H and O–H groups in total. The second-order valence-electron chi connectivity index (χ2n) is 5.81. The zero-order valence-electron chi connectivity index (χ0n) is 11.5. The Bertz CT molecular complexity index is 678. The average Bonchev–Trinajstić information content (AvgIpc) is 3.23. The molecule has 1 aliphatic heterocycles. The second-order valence-corrected chi connectivity index (χ2v) is 5.81. The smallest absolute Gasteiger partial charge is 0.150 e. The van der Waals surface area contributed by atoms with Crippen molar-refractivity contribution in [1.29, 1.82) is 0 Å². The number of hydrogen-bond donors (Lipinski definition) is 1. The zero-order valence-corrected chi connectivity index (χ0v) is 11.5. The third kappa shape index (κ3) is 2.33. The molecular formula is C15H16F2N4. The summed E-state index contributed by atoms with van der Waals surface area (Å²) in [7, 11) is 0. The topological polar surface area (TPSA) is 42.7 Å². The van der Waals surface area contributed by atoms with Crippen molar-refractivity contribution in [3.8, 4) is 0 Å². The summed E-state index contributed by atoms with van der Waals surface area (Å²) in [4.78, 5) is 0. The molecule has 0 saturated heterocycles. The first kappa shape index (κ1) is 12.9. The van der Waals surface area contributed by atoms with Gasteiger partial charge in [-0.1, -0.05) is 6.07 Å². The van der Waals surface area contributed by atoms with Crippen LogP contribution in [0.2, 0.25) is 0 Å². The summed E-state index contributed by atoms with van der Waals surface area (Å²) in [5.74, 6) is 1.28.